The van der Waals surface area contributed by atoms with E-state index >= 15 is 0 Å². The lowest BCUT2D eigenvalue weighted by Gasteiger charge is -2.36. The standard InChI is InChI=1S/C19H24N4S/c1-24-18-6-3-15(4-7-18)11-22-12-16-2-5-17(22)14-23(13-16)19-10-20-8-9-21-19/h3-4,6-10,16-17H,2,5,11-14H2,1H3/t16-,17-/m1/s1. The molecule has 4 nitrogen and oxygen atoms in total. The third kappa shape index (κ3) is 3.42. The molecule has 0 spiro atoms. The molecule has 0 saturated carbocycles. The molecule has 1 aromatic heterocycles. The molecule has 0 amide bonds. The van der Waals surface area contributed by atoms with Crippen molar-refractivity contribution in [1.29, 1.82) is 0 Å². The van der Waals surface area contributed by atoms with E-state index in [9.17, 15) is 0 Å². The Labute approximate surface area is 148 Å². The molecule has 3 saturated heterocycles. The van der Waals surface area contributed by atoms with Gasteiger partial charge in [-0.1, -0.05) is 12.1 Å². The lowest BCUT2D eigenvalue weighted by Crippen LogP contribution is -2.43. The number of thioether (sulfide) groups is 1. The number of nitrogens with zero attached hydrogens (tertiary/aromatic N) is 4. The zero-order chi connectivity index (χ0) is 16.4. The average molecular weight is 340 g/mol. The van der Waals surface area contributed by atoms with Crippen LogP contribution in [0.3, 0.4) is 0 Å². The monoisotopic (exact) mass is 340 g/mol. The fourth-order valence-corrected chi connectivity index (χ4v) is 4.39. The summed E-state index contributed by atoms with van der Waals surface area (Å²) in [5, 5.41) is 0. The normalized spacial score (nSPS) is 24.1. The lowest BCUT2D eigenvalue weighted by atomic mass is 9.94. The molecule has 2 aromatic rings. The largest absolute Gasteiger partial charge is 0.353 e. The summed E-state index contributed by atoms with van der Waals surface area (Å²) in [4.78, 5) is 15.2. The Hall–Kier alpha value is -1.59. The minimum absolute atomic E-state index is 0.617. The van der Waals surface area contributed by atoms with Crippen LogP contribution in [-0.2, 0) is 6.54 Å². The van der Waals surface area contributed by atoms with Crippen molar-refractivity contribution in [2.45, 2.75) is 30.3 Å². The molecule has 126 valence electrons. The van der Waals surface area contributed by atoms with Crippen LogP contribution in [0.4, 0.5) is 5.82 Å². The minimum atomic E-state index is 0.617. The highest BCUT2D eigenvalue weighted by Crippen LogP contribution is 2.31. The molecule has 24 heavy (non-hydrogen) atoms. The fourth-order valence-electron chi connectivity index (χ4n) is 3.98. The number of benzene rings is 1. The Morgan fingerprint density at radius 1 is 1.08 bits per heavy atom. The summed E-state index contributed by atoms with van der Waals surface area (Å²) >= 11 is 1.80. The molecule has 1 aromatic carbocycles. The summed E-state index contributed by atoms with van der Waals surface area (Å²) in [5.41, 5.74) is 1.42. The Kier molecular flexibility index (Phi) is 4.72. The first-order chi connectivity index (χ1) is 11.8. The van der Waals surface area contributed by atoms with Crippen LogP contribution in [0.5, 0.6) is 0 Å². The van der Waals surface area contributed by atoms with E-state index in [2.05, 4.69) is 50.3 Å². The SMILES string of the molecule is CSc1ccc(CN2C[C@H]3CC[C@@H]2CN(c2cnccn2)C3)cc1. The van der Waals surface area contributed by atoms with Crippen LogP contribution in [0.1, 0.15) is 18.4 Å². The van der Waals surface area contributed by atoms with E-state index in [-0.39, 0.29) is 0 Å². The Balaban J connectivity index is 1.48. The van der Waals surface area contributed by atoms with Crippen LogP contribution >= 0.6 is 11.8 Å². The van der Waals surface area contributed by atoms with Crippen LogP contribution in [0.2, 0.25) is 0 Å². The third-order valence-corrected chi connectivity index (χ3v) is 5.99. The molecule has 2 bridgehead atoms. The van der Waals surface area contributed by atoms with Gasteiger partial charge in [0.15, 0.2) is 0 Å². The van der Waals surface area contributed by atoms with Crippen LogP contribution in [0.15, 0.2) is 47.8 Å². The van der Waals surface area contributed by atoms with Gasteiger partial charge in [0.1, 0.15) is 5.82 Å². The van der Waals surface area contributed by atoms with Crippen molar-refractivity contribution in [3.8, 4) is 0 Å². The zero-order valence-electron chi connectivity index (χ0n) is 14.1. The number of anilines is 1. The summed E-state index contributed by atoms with van der Waals surface area (Å²) in [6, 6.07) is 9.66. The second kappa shape index (κ2) is 7.11. The maximum Gasteiger partial charge on any atom is 0.147 e. The van der Waals surface area contributed by atoms with Gasteiger partial charge in [0, 0.05) is 49.5 Å². The van der Waals surface area contributed by atoms with Crippen molar-refractivity contribution in [3.05, 3.63) is 48.4 Å². The van der Waals surface area contributed by atoms with E-state index in [1.54, 1.807) is 24.2 Å². The summed E-state index contributed by atoms with van der Waals surface area (Å²) in [6.45, 7) is 4.44. The van der Waals surface area contributed by atoms with Crippen molar-refractivity contribution >= 4 is 17.6 Å². The van der Waals surface area contributed by atoms with Crippen molar-refractivity contribution in [2.75, 3.05) is 30.8 Å². The number of rotatable bonds is 4. The molecular formula is C19H24N4S. The molecule has 0 aliphatic carbocycles. The van der Waals surface area contributed by atoms with E-state index < -0.39 is 0 Å². The lowest BCUT2D eigenvalue weighted by molar-refractivity contribution is 0.126. The van der Waals surface area contributed by atoms with Crippen LogP contribution < -0.4 is 4.90 Å². The maximum absolute atomic E-state index is 4.51. The van der Waals surface area contributed by atoms with Gasteiger partial charge in [-0.25, -0.2) is 4.98 Å². The zero-order valence-corrected chi connectivity index (χ0v) is 15.0. The quantitative estimate of drug-likeness (QED) is 0.798. The predicted octanol–water partition coefficient (Wildman–Crippen LogP) is 3.30. The van der Waals surface area contributed by atoms with E-state index in [1.165, 1.54) is 29.8 Å². The van der Waals surface area contributed by atoms with Gasteiger partial charge in [-0.3, -0.25) is 9.88 Å². The van der Waals surface area contributed by atoms with Gasteiger partial charge in [-0.15, -0.1) is 11.8 Å². The highest BCUT2D eigenvalue weighted by molar-refractivity contribution is 7.98. The maximum atomic E-state index is 4.51. The highest BCUT2D eigenvalue weighted by Gasteiger charge is 2.35. The molecule has 3 aliphatic heterocycles. The number of aromatic nitrogens is 2. The summed E-state index contributed by atoms with van der Waals surface area (Å²) in [5.74, 6) is 1.76. The second-order valence-electron chi connectivity index (χ2n) is 6.84. The first-order valence-corrected chi connectivity index (χ1v) is 9.92. The summed E-state index contributed by atoms with van der Waals surface area (Å²) < 4.78 is 0. The first kappa shape index (κ1) is 15.9. The number of fused-ring (bicyclic) bond motifs is 4. The van der Waals surface area contributed by atoms with Crippen LogP contribution in [0.25, 0.3) is 0 Å². The Morgan fingerprint density at radius 3 is 2.71 bits per heavy atom. The number of hydrogen-bond acceptors (Lipinski definition) is 5. The molecule has 2 atom stereocenters. The van der Waals surface area contributed by atoms with E-state index in [0.717, 1.165) is 31.4 Å². The molecular weight excluding hydrogens is 316 g/mol. The first-order valence-electron chi connectivity index (χ1n) is 8.70. The fraction of sp³-hybridized carbons (Fsp3) is 0.474. The van der Waals surface area contributed by atoms with Crippen molar-refractivity contribution in [1.82, 2.24) is 14.9 Å². The topological polar surface area (TPSA) is 32.3 Å². The van der Waals surface area contributed by atoms with Gasteiger partial charge in [0.2, 0.25) is 0 Å². The average Bonchev–Trinajstić information content (AvgIpc) is 2.95. The second-order valence-corrected chi connectivity index (χ2v) is 7.72. The van der Waals surface area contributed by atoms with Crippen LogP contribution in [0, 0.1) is 5.92 Å². The molecule has 0 N–H and O–H groups in total. The minimum Gasteiger partial charge on any atom is -0.353 e. The summed E-state index contributed by atoms with van der Waals surface area (Å²) in [6.07, 6.45) is 10.2. The third-order valence-electron chi connectivity index (χ3n) is 5.25. The smallest absolute Gasteiger partial charge is 0.147 e. The molecule has 5 heteroatoms. The van der Waals surface area contributed by atoms with Gasteiger partial charge in [0.05, 0.1) is 6.20 Å². The van der Waals surface area contributed by atoms with Crippen LogP contribution in [-0.4, -0.2) is 46.8 Å². The molecule has 3 aliphatic rings. The Morgan fingerprint density at radius 2 is 1.96 bits per heavy atom. The number of hydrogen-bond donors (Lipinski definition) is 0. The van der Waals surface area contributed by atoms with E-state index in [1.807, 2.05) is 6.20 Å². The summed E-state index contributed by atoms with van der Waals surface area (Å²) in [7, 11) is 0. The van der Waals surface area contributed by atoms with E-state index in [0.29, 0.717) is 6.04 Å². The van der Waals surface area contributed by atoms with Gasteiger partial charge in [-0.2, -0.15) is 0 Å². The van der Waals surface area contributed by atoms with E-state index in [4.69, 9.17) is 0 Å². The van der Waals surface area contributed by atoms with Crippen molar-refractivity contribution in [2.24, 2.45) is 5.92 Å². The van der Waals surface area contributed by atoms with Gasteiger partial charge in [-0.05, 0) is 42.7 Å². The molecule has 0 unspecified atom stereocenters. The van der Waals surface area contributed by atoms with Gasteiger partial charge >= 0.3 is 0 Å². The molecule has 3 fully saturated rings. The molecule has 5 rings (SSSR count). The van der Waals surface area contributed by atoms with Crippen molar-refractivity contribution < 1.29 is 0 Å². The van der Waals surface area contributed by atoms with Gasteiger partial charge in [0.25, 0.3) is 0 Å². The predicted molar refractivity (Wildman–Crippen MR) is 99.4 cm³/mol. The van der Waals surface area contributed by atoms with Gasteiger partial charge < -0.3 is 4.90 Å². The Bertz CT molecular complexity index is 661. The molecule has 4 heterocycles. The van der Waals surface area contributed by atoms with Crippen molar-refractivity contribution in [3.63, 3.8) is 0 Å². The number of piperidine rings is 1. The molecule has 0 radical (unpaired) electrons. The highest BCUT2D eigenvalue weighted by atomic mass is 32.2.